The molecule has 1 atom stereocenters. The summed E-state index contributed by atoms with van der Waals surface area (Å²) in [6.45, 7) is 2.31. The van der Waals surface area contributed by atoms with Crippen LogP contribution in [0.1, 0.15) is 21.3 Å². The van der Waals surface area contributed by atoms with Crippen molar-refractivity contribution in [3.8, 4) is 0 Å². The first-order valence-corrected chi connectivity index (χ1v) is 8.08. The van der Waals surface area contributed by atoms with Gasteiger partial charge in [-0.3, -0.25) is 9.78 Å². The van der Waals surface area contributed by atoms with E-state index in [1.54, 1.807) is 6.20 Å². The highest BCUT2D eigenvalue weighted by Crippen LogP contribution is 2.27. The van der Waals surface area contributed by atoms with Gasteiger partial charge in [0.05, 0.1) is 10.9 Å². The molecule has 4 nitrogen and oxygen atoms in total. The standard InChI is InChI=1S/C14H14BrN3OS/c15-11-6-13(20-9-11)14(19)18-5-4-17-8-12(18)10-2-1-3-16-7-10/h1-3,6-7,9,12,17H,4-5,8H2. The first kappa shape index (κ1) is 13.7. The van der Waals surface area contributed by atoms with Crippen molar-refractivity contribution >= 4 is 33.2 Å². The van der Waals surface area contributed by atoms with Crippen molar-refractivity contribution < 1.29 is 4.79 Å². The van der Waals surface area contributed by atoms with Gasteiger partial charge in [-0.15, -0.1) is 11.3 Å². The lowest BCUT2D eigenvalue weighted by atomic mass is 10.1. The average Bonchev–Trinajstić information content (AvgIpc) is 2.94. The summed E-state index contributed by atoms with van der Waals surface area (Å²) >= 11 is 4.88. The van der Waals surface area contributed by atoms with Gasteiger partial charge in [0.25, 0.3) is 5.91 Å². The number of amides is 1. The van der Waals surface area contributed by atoms with Gasteiger partial charge in [0.15, 0.2) is 0 Å². The van der Waals surface area contributed by atoms with E-state index in [9.17, 15) is 4.79 Å². The van der Waals surface area contributed by atoms with E-state index < -0.39 is 0 Å². The smallest absolute Gasteiger partial charge is 0.264 e. The van der Waals surface area contributed by atoms with E-state index in [0.29, 0.717) is 6.54 Å². The number of halogens is 1. The minimum absolute atomic E-state index is 0.0471. The SMILES string of the molecule is O=C(c1cc(Br)cs1)N1CCNCC1c1cccnc1. The molecule has 1 saturated heterocycles. The maximum atomic E-state index is 12.7. The molecular weight excluding hydrogens is 338 g/mol. The quantitative estimate of drug-likeness (QED) is 0.904. The number of thiophene rings is 1. The Morgan fingerprint density at radius 3 is 3.15 bits per heavy atom. The Labute approximate surface area is 130 Å². The Morgan fingerprint density at radius 2 is 2.45 bits per heavy atom. The second-order valence-corrected chi connectivity index (χ2v) is 6.46. The molecular formula is C14H14BrN3OS. The number of pyridine rings is 1. The largest absolute Gasteiger partial charge is 0.328 e. The number of piperazine rings is 1. The van der Waals surface area contributed by atoms with Crippen molar-refractivity contribution in [1.29, 1.82) is 0 Å². The Bertz CT molecular complexity index is 601. The predicted octanol–water partition coefficient (Wildman–Crippen LogP) is 2.69. The third kappa shape index (κ3) is 2.77. The lowest BCUT2D eigenvalue weighted by Crippen LogP contribution is -2.48. The second kappa shape index (κ2) is 6.03. The van der Waals surface area contributed by atoms with Crippen LogP contribution in [0.25, 0.3) is 0 Å². The summed E-state index contributed by atoms with van der Waals surface area (Å²) in [4.78, 5) is 19.5. The van der Waals surface area contributed by atoms with Gasteiger partial charge in [0.2, 0.25) is 0 Å². The molecule has 6 heteroatoms. The number of rotatable bonds is 2. The third-order valence-electron chi connectivity index (χ3n) is 3.35. The predicted molar refractivity (Wildman–Crippen MR) is 82.9 cm³/mol. The molecule has 0 saturated carbocycles. The lowest BCUT2D eigenvalue weighted by Gasteiger charge is -2.36. The van der Waals surface area contributed by atoms with Gasteiger partial charge in [0, 0.05) is 41.9 Å². The fourth-order valence-electron chi connectivity index (χ4n) is 2.39. The fraction of sp³-hybridized carbons (Fsp3) is 0.286. The van der Waals surface area contributed by atoms with Crippen LogP contribution in [0.5, 0.6) is 0 Å². The summed E-state index contributed by atoms with van der Waals surface area (Å²) in [5, 5.41) is 5.29. The van der Waals surface area contributed by atoms with Crippen LogP contribution in [-0.4, -0.2) is 35.4 Å². The molecule has 3 heterocycles. The van der Waals surface area contributed by atoms with Crippen LogP contribution in [0, 0.1) is 0 Å². The summed E-state index contributed by atoms with van der Waals surface area (Å²) in [6.07, 6.45) is 3.59. The molecule has 1 fully saturated rings. The number of nitrogens with zero attached hydrogens (tertiary/aromatic N) is 2. The zero-order valence-electron chi connectivity index (χ0n) is 10.8. The molecule has 0 aromatic carbocycles. The fourth-order valence-corrected chi connectivity index (χ4v) is 3.77. The molecule has 0 aliphatic carbocycles. The zero-order valence-corrected chi connectivity index (χ0v) is 13.2. The molecule has 1 aliphatic rings. The molecule has 20 heavy (non-hydrogen) atoms. The summed E-state index contributed by atoms with van der Waals surface area (Å²) in [7, 11) is 0. The van der Waals surface area contributed by atoms with Crippen molar-refractivity contribution in [3.63, 3.8) is 0 Å². The van der Waals surface area contributed by atoms with E-state index in [0.717, 1.165) is 28.0 Å². The lowest BCUT2D eigenvalue weighted by molar-refractivity contribution is 0.0639. The minimum atomic E-state index is 0.0471. The van der Waals surface area contributed by atoms with Gasteiger partial charge in [-0.05, 0) is 33.6 Å². The molecule has 2 aromatic heterocycles. The molecule has 1 N–H and O–H groups in total. The van der Waals surface area contributed by atoms with Gasteiger partial charge in [-0.25, -0.2) is 0 Å². The highest BCUT2D eigenvalue weighted by molar-refractivity contribution is 9.10. The third-order valence-corrected chi connectivity index (χ3v) is 5.03. The minimum Gasteiger partial charge on any atom is -0.328 e. The first-order chi connectivity index (χ1) is 9.75. The summed E-state index contributed by atoms with van der Waals surface area (Å²) in [5.74, 6) is 0.0936. The van der Waals surface area contributed by atoms with Gasteiger partial charge in [-0.1, -0.05) is 6.07 Å². The van der Waals surface area contributed by atoms with Crippen LogP contribution in [0.3, 0.4) is 0 Å². The van der Waals surface area contributed by atoms with Gasteiger partial charge in [0.1, 0.15) is 0 Å². The highest BCUT2D eigenvalue weighted by Gasteiger charge is 2.29. The van der Waals surface area contributed by atoms with Gasteiger partial charge < -0.3 is 10.2 Å². The Hall–Kier alpha value is -1.24. The molecule has 0 radical (unpaired) electrons. The summed E-state index contributed by atoms with van der Waals surface area (Å²) in [5.41, 5.74) is 1.07. The number of hydrogen-bond donors (Lipinski definition) is 1. The van der Waals surface area contributed by atoms with Crippen LogP contribution in [0.4, 0.5) is 0 Å². The van der Waals surface area contributed by atoms with Gasteiger partial charge in [-0.2, -0.15) is 0 Å². The van der Waals surface area contributed by atoms with Crippen molar-refractivity contribution in [2.24, 2.45) is 0 Å². The topological polar surface area (TPSA) is 45.2 Å². The number of carbonyl (C=O) groups excluding carboxylic acids is 1. The van der Waals surface area contributed by atoms with E-state index in [2.05, 4.69) is 26.2 Å². The van der Waals surface area contributed by atoms with Crippen molar-refractivity contribution in [2.45, 2.75) is 6.04 Å². The summed E-state index contributed by atoms with van der Waals surface area (Å²) < 4.78 is 0.957. The average molecular weight is 352 g/mol. The molecule has 0 spiro atoms. The molecule has 0 bridgehead atoms. The van der Waals surface area contributed by atoms with Crippen LogP contribution < -0.4 is 5.32 Å². The van der Waals surface area contributed by atoms with E-state index >= 15 is 0 Å². The van der Waals surface area contributed by atoms with Crippen LogP contribution >= 0.6 is 27.3 Å². The maximum Gasteiger partial charge on any atom is 0.264 e. The van der Waals surface area contributed by atoms with E-state index in [1.165, 1.54) is 11.3 Å². The maximum absolute atomic E-state index is 12.7. The molecule has 3 rings (SSSR count). The van der Waals surface area contributed by atoms with Crippen LogP contribution in [0.15, 0.2) is 40.4 Å². The number of nitrogens with one attached hydrogen (secondary N) is 1. The number of aromatic nitrogens is 1. The second-order valence-electron chi connectivity index (χ2n) is 4.63. The highest BCUT2D eigenvalue weighted by atomic mass is 79.9. The van der Waals surface area contributed by atoms with Crippen molar-refractivity contribution in [1.82, 2.24) is 15.2 Å². The van der Waals surface area contributed by atoms with E-state index in [1.807, 2.05) is 34.7 Å². The van der Waals surface area contributed by atoms with E-state index in [4.69, 9.17) is 0 Å². The Balaban J connectivity index is 1.87. The van der Waals surface area contributed by atoms with E-state index in [-0.39, 0.29) is 11.9 Å². The Kier molecular flexibility index (Phi) is 4.14. The van der Waals surface area contributed by atoms with Crippen molar-refractivity contribution in [3.05, 3.63) is 50.9 Å². The monoisotopic (exact) mass is 351 g/mol. The molecule has 1 unspecified atom stereocenters. The number of carbonyl (C=O) groups is 1. The van der Waals surface area contributed by atoms with Crippen LogP contribution in [-0.2, 0) is 0 Å². The normalized spacial score (nSPS) is 19.1. The molecule has 2 aromatic rings. The molecule has 1 amide bonds. The van der Waals surface area contributed by atoms with Crippen molar-refractivity contribution in [2.75, 3.05) is 19.6 Å². The summed E-state index contributed by atoms with van der Waals surface area (Å²) in [6, 6.07) is 5.87. The van der Waals surface area contributed by atoms with Crippen LogP contribution in [0.2, 0.25) is 0 Å². The molecule has 104 valence electrons. The number of hydrogen-bond acceptors (Lipinski definition) is 4. The first-order valence-electron chi connectivity index (χ1n) is 6.41. The Morgan fingerprint density at radius 1 is 1.55 bits per heavy atom. The zero-order chi connectivity index (χ0) is 13.9. The van der Waals surface area contributed by atoms with Gasteiger partial charge >= 0.3 is 0 Å². The molecule has 1 aliphatic heterocycles.